The summed E-state index contributed by atoms with van der Waals surface area (Å²) in [5, 5.41) is 0.615. The number of hydrogen-bond acceptors (Lipinski definition) is 6. The van der Waals surface area contributed by atoms with Gasteiger partial charge in [0.2, 0.25) is 5.91 Å². The Hall–Kier alpha value is -3.91. The minimum absolute atomic E-state index is 0.107. The van der Waals surface area contributed by atoms with Gasteiger partial charge in [-0.15, -0.1) is 0 Å². The van der Waals surface area contributed by atoms with Crippen molar-refractivity contribution in [1.82, 2.24) is 4.98 Å². The van der Waals surface area contributed by atoms with Crippen LogP contribution in [0.1, 0.15) is 18.9 Å². The van der Waals surface area contributed by atoms with E-state index >= 15 is 0 Å². The number of methoxy groups -OCH3 is 1. The highest BCUT2D eigenvalue weighted by Gasteiger charge is 2.32. The van der Waals surface area contributed by atoms with E-state index in [1.807, 2.05) is 72.8 Å². The van der Waals surface area contributed by atoms with Crippen LogP contribution in [-0.2, 0) is 16.1 Å². The standard InChI is InChI=1S/C27H25N3O4S/c1-18-26(32)29(22-10-6-7-11-23(22)34-18)15-14-25(31)30(17-19-8-4-3-5-9-19)27-28-21-13-12-20(33-2)16-24(21)35-27/h3-13,16,18H,14-15,17H2,1-2H3. The molecular formula is C27H25N3O4S. The Bertz CT molecular complexity index is 1370. The first-order valence-electron chi connectivity index (χ1n) is 11.4. The van der Waals surface area contributed by atoms with E-state index in [0.717, 1.165) is 21.5 Å². The average molecular weight is 488 g/mol. The molecule has 0 aliphatic carbocycles. The first-order valence-corrected chi connectivity index (χ1v) is 12.2. The number of anilines is 2. The molecule has 2 amide bonds. The largest absolute Gasteiger partial charge is 0.497 e. The maximum Gasteiger partial charge on any atom is 0.267 e. The zero-order chi connectivity index (χ0) is 24.4. The molecule has 3 aromatic carbocycles. The molecule has 8 heteroatoms. The Labute approximate surface area is 207 Å². The lowest BCUT2D eigenvalue weighted by Crippen LogP contribution is -2.46. The van der Waals surface area contributed by atoms with Gasteiger partial charge in [0.25, 0.3) is 5.91 Å². The lowest BCUT2D eigenvalue weighted by atomic mass is 10.1. The predicted molar refractivity (Wildman–Crippen MR) is 137 cm³/mol. The fourth-order valence-electron chi connectivity index (χ4n) is 4.10. The minimum atomic E-state index is -0.598. The molecule has 0 radical (unpaired) electrons. The van der Waals surface area contributed by atoms with Crippen LogP contribution in [0.4, 0.5) is 10.8 Å². The van der Waals surface area contributed by atoms with Crippen LogP contribution in [0.2, 0.25) is 0 Å². The molecule has 4 aromatic rings. The number of rotatable bonds is 7. The summed E-state index contributed by atoms with van der Waals surface area (Å²) in [6.07, 6.45) is -0.446. The number of para-hydroxylation sites is 2. The van der Waals surface area contributed by atoms with Crippen molar-refractivity contribution in [2.24, 2.45) is 0 Å². The van der Waals surface area contributed by atoms with Gasteiger partial charge in [0.15, 0.2) is 11.2 Å². The maximum atomic E-state index is 13.6. The fraction of sp³-hybridized carbons (Fsp3) is 0.222. The summed E-state index contributed by atoms with van der Waals surface area (Å²) in [6, 6.07) is 22.9. The van der Waals surface area contributed by atoms with Crippen LogP contribution in [0.3, 0.4) is 0 Å². The van der Waals surface area contributed by atoms with E-state index in [1.165, 1.54) is 11.3 Å². The number of amides is 2. The number of carbonyl (C=O) groups is 2. The fourth-order valence-corrected chi connectivity index (χ4v) is 5.11. The van der Waals surface area contributed by atoms with E-state index in [4.69, 9.17) is 14.5 Å². The summed E-state index contributed by atoms with van der Waals surface area (Å²) in [7, 11) is 1.63. The summed E-state index contributed by atoms with van der Waals surface area (Å²) in [4.78, 5) is 34.5. The quantitative estimate of drug-likeness (QED) is 0.365. The smallest absolute Gasteiger partial charge is 0.267 e. The summed E-state index contributed by atoms with van der Waals surface area (Å²) in [5.41, 5.74) is 2.49. The molecule has 0 saturated carbocycles. The molecule has 0 saturated heterocycles. The van der Waals surface area contributed by atoms with Gasteiger partial charge in [-0.1, -0.05) is 53.8 Å². The van der Waals surface area contributed by atoms with Gasteiger partial charge in [-0.25, -0.2) is 4.98 Å². The van der Waals surface area contributed by atoms with Crippen molar-refractivity contribution in [3.8, 4) is 11.5 Å². The van der Waals surface area contributed by atoms with Gasteiger partial charge < -0.3 is 14.4 Å². The van der Waals surface area contributed by atoms with Gasteiger partial charge in [-0.3, -0.25) is 14.5 Å². The van der Waals surface area contributed by atoms with Crippen LogP contribution >= 0.6 is 11.3 Å². The molecule has 1 atom stereocenters. The molecule has 35 heavy (non-hydrogen) atoms. The SMILES string of the molecule is COc1ccc2nc(N(Cc3ccccc3)C(=O)CCN3C(=O)C(C)Oc4ccccc43)sc2c1. The Kier molecular flexibility index (Phi) is 6.37. The molecule has 178 valence electrons. The topological polar surface area (TPSA) is 72.0 Å². The van der Waals surface area contributed by atoms with E-state index in [1.54, 1.807) is 23.8 Å². The van der Waals surface area contributed by atoms with Crippen LogP contribution in [0.15, 0.2) is 72.8 Å². The number of aromatic nitrogens is 1. The van der Waals surface area contributed by atoms with E-state index in [0.29, 0.717) is 23.1 Å². The van der Waals surface area contributed by atoms with E-state index in [-0.39, 0.29) is 24.8 Å². The van der Waals surface area contributed by atoms with Gasteiger partial charge in [-0.05, 0) is 42.8 Å². The molecule has 0 fully saturated rings. The lowest BCUT2D eigenvalue weighted by Gasteiger charge is -2.33. The van der Waals surface area contributed by atoms with Crippen molar-refractivity contribution >= 4 is 44.2 Å². The van der Waals surface area contributed by atoms with Crippen molar-refractivity contribution in [1.29, 1.82) is 0 Å². The number of benzene rings is 3. The van der Waals surface area contributed by atoms with Crippen LogP contribution in [-0.4, -0.2) is 36.6 Å². The van der Waals surface area contributed by atoms with Gasteiger partial charge in [0, 0.05) is 13.0 Å². The maximum absolute atomic E-state index is 13.6. The average Bonchev–Trinajstić information content (AvgIpc) is 3.31. The zero-order valence-corrected chi connectivity index (χ0v) is 20.3. The molecule has 7 nitrogen and oxygen atoms in total. The van der Waals surface area contributed by atoms with Crippen molar-refractivity contribution in [2.45, 2.75) is 26.0 Å². The van der Waals surface area contributed by atoms with Gasteiger partial charge in [-0.2, -0.15) is 0 Å². The zero-order valence-electron chi connectivity index (χ0n) is 19.5. The molecule has 0 bridgehead atoms. The molecule has 1 aromatic heterocycles. The molecule has 2 heterocycles. The number of thiazole rings is 1. The summed E-state index contributed by atoms with van der Waals surface area (Å²) in [5.74, 6) is 1.13. The highest BCUT2D eigenvalue weighted by Crippen LogP contribution is 2.35. The second-order valence-electron chi connectivity index (χ2n) is 8.26. The normalized spacial score (nSPS) is 15.0. The number of fused-ring (bicyclic) bond motifs is 2. The van der Waals surface area contributed by atoms with Crippen LogP contribution < -0.4 is 19.3 Å². The molecule has 5 rings (SSSR count). The highest BCUT2D eigenvalue weighted by atomic mass is 32.1. The summed E-state index contributed by atoms with van der Waals surface area (Å²) >= 11 is 1.45. The van der Waals surface area contributed by atoms with E-state index in [2.05, 4.69) is 0 Å². The van der Waals surface area contributed by atoms with Crippen LogP contribution in [0, 0.1) is 0 Å². The Morgan fingerprint density at radius 1 is 1.11 bits per heavy atom. The molecular weight excluding hydrogens is 462 g/mol. The third kappa shape index (κ3) is 4.70. The van der Waals surface area contributed by atoms with Crippen LogP contribution in [0.5, 0.6) is 11.5 Å². The molecule has 1 unspecified atom stereocenters. The first kappa shape index (κ1) is 22.9. The third-order valence-corrected chi connectivity index (χ3v) is 6.96. The van der Waals surface area contributed by atoms with Crippen molar-refractivity contribution in [3.05, 3.63) is 78.4 Å². The first-order chi connectivity index (χ1) is 17.0. The monoisotopic (exact) mass is 487 g/mol. The lowest BCUT2D eigenvalue weighted by molar-refractivity contribution is -0.125. The van der Waals surface area contributed by atoms with E-state index in [9.17, 15) is 9.59 Å². The van der Waals surface area contributed by atoms with Gasteiger partial charge in [0.1, 0.15) is 11.5 Å². The van der Waals surface area contributed by atoms with Crippen molar-refractivity contribution < 1.29 is 19.1 Å². The van der Waals surface area contributed by atoms with Gasteiger partial charge >= 0.3 is 0 Å². The van der Waals surface area contributed by atoms with Gasteiger partial charge in [0.05, 0.1) is 29.6 Å². The van der Waals surface area contributed by atoms with Crippen molar-refractivity contribution in [3.63, 3.8) is 0 Å². The molecule has 0 spiro atoms. The molecule has 1 aliphatic rings. The van der Waals surface area contributed by atoms with E-state index < -0.39 is 6.10 Å². The third-order valence-electron chi connectivity index (χ3n) is 5.92. The highest BCUT2D eigenvalue weighted by molar-refractivity contribution is 7.22. The Balaban J connectivity index is 1.42. The second kappa shape index (κ2) is 9.76. The Morgan fingerprint density at radius 2 is 1.89 bits per heavy atom. The summed E-state index contributed by atoms with van der Waals surface area (Å²) in [6.45, 7) is 2.37. The molecule has 1 aliphatic heterocycles. The number of ether oxygens (including phenoxy) is 2. The summed E-state index contributed by atoms with van der Waals surface area (Å²) < 4.78 is 12.0. The molecule has 0 N–H and O–H groups in total. The number of nitrogens with zero attached hydrogens (tertiary/aromatic N) is 3. The Morgan fingerprint density at radius 3 is 2.69 bits per heavy atom. The van der Waals surface area contributed by atoms with Crippen LogP contribution in [0.25, 0.3) is 10.2 Å². The number of carbonyl (C=O) groups excluding carboxylic acids is 2. The second-order valence-corrected chi connectivity index (χ2v) is 9.27. The minimum Gasteiger partial charge on any atom is -0.497 e. The van der Waals surface area contributed by atoms with Crippen molar-refractivity contribution in [2.75, 3.05) is 23.5 Å². The predicted octanol–water partition coefficient (Wildman–Crippen LogP) is 5.04. The number of hydrogen-bond donors (Lipinski definition) is 0.